The molecule has 0 aliphatic carbocycles. The summed E-state index contributed by atoms with van der Waals surface area (Å²) in [5.74, 6) is 1.25. The van der Waals surface area contributed by atoms with Crippen LogP contribution in [0.5, 0.6) is 17.2 Å². The third kappa shape index (κ3) is 6.06. The lowest BCUT2D eigenvalue weighted by atomic mass is 9.98. The fourth-order valence-electron chi connectivity index (χ4n) is 4.29. The van der Waals surface area contributed by atoms with Crippen molar-refractivity contribution in [3.05, 3.63) is 108 Å². The number of nitrogens with one attached hydrogen (secondary N) is 1. The quantitative estimate of drug-likeness (QED) is 0.161. The molecule has 0 bridgehead atoms. The van der Waals surface area contributed by atoms with E-state index in [9.17, 15) is 4.79 Å². The van der Waals surface area contributed by atoms with E-state index in [4.69, 9.17) is 30.8 Å². The highest BCUT2D eigenvalue weighted by molar-refractivity contribution is 6.31. The summed E-state index contributed by atoms with van der Waals surface area (Å²) in [7, 11) is 3.10. The average Bonchev–Trinajstić information content (AvgIpc) is 3.00. The van der Waals surface area contributed by atoms with E-state index >= 15 is 0 Å². The van der Waals surface area contributed by atoms with Crippen molar-refractivity contribution in [3.8, 4) is 39.6 Å². The van der Waals surface area contributed by atoms with Crippen molar-refractivity contribution in [2.24, 2.45) is 5.10 Å². The van der Waals surface area contributed by atoms with Crippen LogP contribution in [0.4, 0.5) is 0 Å². The van der Waals surface area contributed by atoms with Gasteiger partial charge in [-0.25, -0.2) is 10.4 Å². The Morgan fingerprint density at radius 1 is 0.900 bits per heavy atom. The third-order valence-electron chi connectivity index (χ3n) is 6.20. The standard InChI is InChI=1S/C32H26ClN3O4/c1-38-30-10-6-9-23(32(30)39-2)19-34-36-31(37)20-40-25-14-11-22(12-15-25)29-18-26(21-7-4-3-5-8-21)27-17-24(33)13-16-28(27)35-29/h3-19H,20H2,1-2H3,(H,36,37). The fourth-order valence-corrected chi connectivity index (χ4v) is 4.47. The first-order valence-electron chi connectivity index (χ1n) is 12.5. The van der Waals surface area contributed by atoms with E-state index in [1.807, 2.05) is 66.7 Å². The Bertz CT molecular complexity index is 1670. The first kappa shape index (κ1) is 26.7. The molecule has 0 saturated carbocycles. The number of hydrogen-bond acceptors (Lipinski definition) is 6. The molecule has 200 valence electrons. The molecule has 1 aromatic heterocycles. The topological polar surface area (TPSA) is 82.0 Å². The molecular formula is C32H26ClN3O4. The van der Waals surface area contributed by atoms with E-state index in [0.717, 1.165) is 33.3 Å². The molecule has 0 saturated heterocycles. The van der Waals surface area contributed by atoms with Crippen LogP contribution in [0, 0.1) is 0 Å². The minimum absolute atomic E-state index is 0.195. The zero-order valence-electron chi connectivity index (χ0n) is 21.9. The van der Waals surface area contributed by atoms with Crippen molar-refractivity contribution in [1.29, 1.82) is 0 Å². The predicted octanol–water partition coefficient (Wildman–Crippen LogP) is 6.77. The number of hydrogen-bond donors (Lipinski definition) is 1. The van der Waals surface area contributed by atoms with E-state index < -0.39 is 5.91 Å². The Balaban J connectivity index is 1.27. The van der Waals surface area contributed by atoms with Crippen LogP contribution in [0.1, 0.15) is 5.56 Å². The van der Waals surface area contributed by atoms with Crippen LogP contribution in [0.15, 0.2) is 102 Å². The molecule has 0 radical (unpaired) electrons. The summed E-state index contributed by atoms with van der Waals surface area (Å²) in [5, 5.41) is 5.65. The number of methoxy groups -OCH3 is 2. The minimum atomic E-state index is -0.399. The Hall–Kier alpha value is -4.88. The number of aromatic nitrogens is 1. The molecule has 1 heterocycles. The maximum Gasteiger partial charge on any atom is 0.277 e. The second-order valence-corrected chi connectivity index (χ2v) is 9.21. The summed E-state index contributed by atoms with van der Waals surface area (Å²) in [4.78, 5) is 17.1. The lowest BCUT2D eigenvalue weighted by Crippen LogP contribution is -2.24. The van der Waals surface area contributed by atoms with Crippen LogP contribution in [0.25, 0.3) is 33.3 Å². The number of benzene rings is 4. The number of rotatable bonds is 9. The number of pyridine rings is 1. The summed E-state index contributed by atoms with van der Waals surface area (Å²) < 4.78 is 16.3. The van der Waals surface area contributed by atoms with Crippen LogP contribution in [-0.2, 0) is 4.79 Å². The number of carbonyl (C=O) groups excluding carboxylic acids is 1. The molecule has 0 unspecified atom stereocenters. The van der Waals surface area contributed by atoms with Gasteiger partial charge in [0.15, 0.2) is 18.1 Å². The molecule has 40 heavy (non-hydrogen) atoms. The first-order chi connectivity index (χ1) is 19.6. The van der Waals surface area contributed by atoms with Crippen molar-refractivity contribution in [1.82, 2.24) is 10.4 Å². The predicted molar refractivity (Wildman–Crippen MR) is 158 cm³/mol. The number of halogens is 1. The van der Waals surface area contributed by atoms with Crippen molar-refractivity contribution in [2.75, 3.05) is 20.8 Å². The zero-order valence-corrected chi connectivity index (χ0v) is 22.7. The van der Waals surface area contributed by atoms with Gasteiger partial charge in [-0.2, -0.15) is 5.10 Å². The number of hydrazone groups is 1. The van der Waals surface area contributed by atoms with Crippen LogP contribution >= 0.6 is 11.6 Å². The first-order valence-corrected chi connectivity index (χ1v) is 12.9. The number of para-hydroxylation sites is 1. The molecule has 1 amide bonds. The number of carbonyl (C=O) groups is 1. The van der Waals surface area contributed by atoms with Crippen LogP contribution in [0.3, 0.4) is 0 Å². The monoisotopic (exact) mass is 551 g/mol. The van der Waals surface area contributed by atoms with Gasteiger partial charge in [-0.05, 0) is 71.8 Å². The number of amides is 1. The van der Waals surface area contributed by atoms with Crippen LogP contribution in [-0.4, -0.2) is 37.9 Å². The molecule has 0 atom stereocenters. The van der Waals surface area contributed by atoms with Crippen LogP contribution in [0.2, 0.25) is 5.02 Å². The van der Waals surface area contributed by atoms with E-state index in [0.29, 0.717) is 27.8 Å². The molecule has 0 fully saturated rings. The van der Waals surface area contributed by atoms with E-state index in [-0.39, 0.29) is 6.61 Å². The van der Waals surface area contributed by atoms with Gasteiger partial charge in [-0.3, -0.25) is 4.79 Å². The van der Waals surface area contributed by atoms with Gasteiger partial charge >= 0.3 is 0 Å². The Morgan fingerprint density at radius 3 is 2.45 bits per heavy atom. The average molecular weight is 552 g/mol. The normalized spacial score (nSPS) is 11.0. The van der Waals surface area contributed by atoms with Crippen molar-refractivity contribution in [3.63, 3.8) is 0 Å². The van der Waals surface area contributed by atoms with Gasteiger partial charge in [0, 0.05) is 21.5 Å². The summed E-state index contributed by atoms with van der Waals surface area (Å²) in [5.41, 5.74) is 7.85. The van der Waals surface area contributed by atoms with Gasteiger partial charge in [0.2, 0.25) is 0 Å². The minimum Gasteiger partial charge on any atom is -0.493 e. The highest BCUT2D eigenvalue weighted by Crippen LogP contribution is 2.34. The number of fused-ring (bicyclic) bond motifs is 1. The molecule has 5 aromatic rings. The number of nitrogens with zero attached hydrogens (tertiary/aromatic N) is 2. The molecule has 7 nitrogen and oxygen atoms in total. The molecule has 0 aliphatic rings. The third-order valence-corrected chi connectivity index (χ3v) is 6.44. The SMILES string of the molecule is COc1cccc(C=NNC(=O)COc2ccc(-c3cc(-c4ccccc4)c4cc(Cl)ccc4n3)cc2)c1OC. The molecule has 5 rings (SSSR count). The Morgan fingerprint density at radius 2 is 1.70 bits per heavy atom. The Labute approximate surface area is 237 Å². The molecule has 8 heteroatoms. The molecular weight excluding hydrogens is 526 g/mol. The molecule has 4 aromatic carbocycles. The maximum atomic E-state index is 12.3. The van der Waals surface area contributed by atoms with E-state index in [2.05, 4.69) is 28.7 Å². The van der Waals surface area contributed by atoms with Gasteiger partial charge in [0.1, 0.15) is 5.75 Å². The van der Waals surface area contributed by atoms with Gasteiger partial charge in [-0.1, -0.05) is 48.0 Å². The van der Waals surface area contributed by atoms with E-state index in [1.54, 1.807) is 26.4 Å². The van der Waals surface area contributed by atoms with Gasteiger partial charge in [0.05, 0.1) is 31.6 Å². The lowest BCUT2D eigenvalue weighted by Gasteiger charge is -2.11. The summed E-state index contributed by atoms with van der Waals surface area (Å²) in [6, 6.07) is 30.8. The van der Waals surface area contributed by atoms with Crippen molar-refractivity contribution < 1.29 is 19.0 Å². The molecule has 0 aliphatic heterocycles. The van der Waals surface area contributed by atoms with Crippen LogP contribution < -0.4 is 19.6 Å². The highest BCUT2D eigenvalue weighted by Gasteiger charge is 2.11. The molecule has 0 spiro atoms. The second kappa shape index (κ2) is 12.3. The van der Waals surface area contributed by atoms with Gasteiger partial charge in [0.25, 0.3) is 5.91 Å². The van der Waals surface area contributed by atoms with Crippen molar-refractivity contribution in [2.45, 2.75) is 0 Å². The lowest BCUT2D eigenvalue weighted by molar-refractivity contribution is -0.123. The van der Waals surface area contributed by atoms with Gasteiger partial charge in [-0.15, -0.1) is 0 Å². The Kier molecular flexibility index (Phi) is 8.23. The maximum absolute atomic E-state index is 12.3. The summed E-state index contributed by atoms with van der Waals surface area (Å²) in [6.07, 6.45) is 1.49. The largest absolute Gasteiger partial charge is 0.493 e. The van der Waals surface area contributed by atoms with Gasteiger partial charge < -0.3 is 14.2 Å². The summed E-state index contributed by atoms with van der Waals surface area (Å²) >= 11 is 6.30. The van der Waals surface area contributed by atoms with Crippen molar-refractivity contribution >= 4 is 34.6 Å². The zero-order chi connectivity index (χ0) is 27.9. The molecule has 1 N–H and O–H groups in total. The highest BCUT2D eigenvalue weighted by atomic mass is 35.5. The fraction of sp³-hybridized carbons (Fsp3) is 0.0938. The van der Waals surface area contributed by atoms with E-state index in [1.165, 1.54) is 6.21 Å². The number of ether oxygens (including phenoxy) is 3. The smallest absolute Gasteiger partial charge is 0.277 e. The summed E-state index contributed by atoms with van der Waals surface area (Å²) in [6.45, 7) is -0.195. The second-order valence-electron chi connectivity index (χ2n) is 8.77.